The number of benzene rings is 1. The van der Waals surface area contributed by atoms with Gasteiger partial charge in [0.1, 0.15) is 0 Å². The molecule has 5 heteroatoms. The van der Waals surface area contributed by atoms with E-state index in [1.54, 1.807) is 24.3 Å². The quantitative estimate of drug-likeness (QED) is 0.789. The van der Waals surface area contributed by atoms with Gasteiger partial charge in [0.25, 0.3) is 0 Å². The summed E-state index contributed by atoms with van der Waals surface area (Å²) in [6.07, 6.45) is 4.20. The van der Waals surface area contributed by atoms with Crippen LogP contribution in [0.3, 0.4) is 0 Å². The van der Waals surface area contributed by atoms with Gasteiger partial charge in [-0.15, -0.1) is 0 Å². The highest BCUT2D eigenvalue weighted by atomic mass is 16.2. The van der Waals surface area contributed by atoms with Crippen LogP contribution in [0.15, 0.2) is 24.3 Å². The average molecular weight is 272 g/mol. The Kier molecular flexibility index (Phi) is 4.97. The number of rotatable bonds is 3. The summed E-state index contributed by atoms with van der Waals surface area (Å²) in [5.41, 5.74) is 1.28. The number of nitrogens with zero attached hydrogens (tertiary/aromatic N) is 1. The number of nitrogens with one attached hydrogen (secondary N) is 3. The maximum Gasteiger partial charge on any atom is 0.319 e. The largest absolute Gasteiger partial charge is 0.335 e. The molecule has 0 heterocycles. The zero-order valence-electron chi connectivity index (χ0n) is 11.6. The van der Waals surface area contributed by atoms with Crippen LogP contribution in [-0.2, 0) is 0 Å². The Morgan fingerprint density at radius 2 is 1.75 bits per heavy atom. The van der Waals surface area contributed by atoms with Crippen molar-refractivity contribution >= 4 is 11.7 Å². The number of urea groups is 1. The van der Waals surface area contributed by atoms with E-state index in [1.165, 1.54) is 0 Å². The predicted molar refractivity (Wildman–Crippen MR) is 78.4 cm³/mol. The minimum atomic E-state index is -0.178. The van der Waals surface area contributed by atoms with Crippen molar-refractivity contribution in [1.29, 1.82) is 5.26 Å². The van der Waals surface area contributed by atoms with Crippen LogP contribution in [0.25, 0.3) is 0 Å². The molecular weight excluding hydrogens is 252 g/mol. The van der Waals surface area contributed by atoms with Crippen molar-refractivity contribution < 1.29 is 4.79 Å². The maximum absolute atomic E-state index is 11.9. The first kappa shape index (κ1) is 14.4. The first-order valence-electron chi connectivity index (χ1n) is 6.96. The molecule has 2 rings (SSSR count). The van der Waals surface area contributed by atoms with Crippen LogP contribution in [0, 0.1) is 11.3 Å². The van der Waals surface area contributed by atoms with Gasteiger partial charge < -0.3 is 16.0 Å². The molecule has 1 saturated carbocycles. The third-order valence-corrected chi connectivity index (χ3v) is 3.74. The first-order chi connectivity index (χ1) is 9.71. The van der Waals surface area contributed by atoms with Gasteiger partial charge in [-0.1, -0.05) is 0 Å². The molecule has 0 aliphatic heterocycles. The van der Waals surface area contributed by atoms with Crippen LogP contribution in [0.1, 0.15) is 31.2 Å². The topological polar surface area (TPSA) is 76.9 Å². The van der Waals surface area contributed by atoms with Crippen LogP contribution in [0.4, 0.5) is 10.5 Å². The van der Waals surface area contributed by atoms with E-state index in [-0.39, 0.29) is 12.1 Å². The highest BCUT2D eigenvalue weighted by Gasteiger charge is 2.21. The second-order valence-corrected chi connectivity index (χ2v) is 5.12. The summed E-state index contributed by atoms with van der Waals surface area (Å²) in [6.45, 7) is 0. The highest BCUT2D eigenvalue weighted by molar-refractivity contribution is 5.89. The lowest BCUT2D eigenvalue weighted by Crippen LogP contribution is -2.43. The van der Waals surface area contributed by atoms with Gasteiger partial charge in [0.2, 0.25) is 0 Å². The molecule has 3 N–H and O–H groups in total. The molecule has 0 aromatic heterocycles. The van der Waals surface area contributed by atoms with Crippen molar-refractivity contribution in [3.8, 4) is 6.07 Å². The molecule has 0 radical (unpaired) electrons. The van der Waals surface area contributed by atoms with Gasteiger partial charge in [0.15, 0.2) is 0 Å². The van der Waals surface area contributed by atoms with E-state index in [0.29, 0.717) is 17.3 Å². The normalized spacial score (nSPS) is 21.8. The molecule has 0 spiro atoms. The number of hydrogen-bond acceptors (Lipinski definition) is 3. The van der Waals surface area contributed by atoms with E-state index < -0.39 is 0 Å². The van der Waals surface area contributed by atoms with Crippen LogP contribution < -0.4 is 16.0 Å². The number of carbonyl (C=O) groups excluding carboxylic acids is 1. The maximum atomic E-state index is 11.9. The summed E-state index contributed by atoms with van der Waals surface area (Å²) < 4.78 is 0. The molecule has 106 valence electrons. The smallest absolute Gasteiger partial charge is 0.319 e. The van der Waals surface area contributed by atoms with E-state index in [4.69, 9.17) is 5.26 Å². The second-order valence-electron chi connectivity index (χ2n) is 5.12. The SMILES string of the molecule is CNC1CCC(NC(=O)Nc2ccc(C#N)cc2)CC1. The minimum absolute atomic E-state index is 0.178. The van der Waals surface area contributed by atoms with Crippen molar-refractivity contribution in [1.82, 2.24) is 10.6 Å². The number of carbonyl (C=O) groups is 1. The number of anilines is 1. The standard InChI is InChI=1S/C15H20N4O/c1-17-12-6-8-14(9-7-12)19-15(20)18-13-4-2-11(10-16)3-5-13/h2-5,12,14,17H,6-9H2,1H3,(H2,18,19,20). The van der Waals surface area contributed by atoms with E-state index >= 15 is 0 Å². The Morgan fingerprint density at radius 3 is 2.30 bits per heavy atom. The number of amides is 2. The van der Waals surface area contributed by atoms with Gasteiger partial charge in [-0.25, -0.2) is 4.79 Å². The molecular formula is C15H20N4O. The monoisotopic (exact) mass is 272 g/mol. The van der Waals surface area contributed by atoms with E-state index in [1.807, 2.05) is 13.1 Å². The zero-order chi connectivity index (χ0) is 14.4. The first-order valence-corrected chi connectivity index (χ1v) is 6.96. The molecule has 1 aromatic rings. The number of hydrogen-bond donors (Lipinski definition) is 3. The molecule has 1 aliphatic rings. The van der Waals surface area contributed by atoms with Crippen LogP contribution in [-0.4, -0.2) is 25.2 Å². The van der Waals surface area contributed by atoms with E-state index in [0.717, 1.165) is 25.7 Å². The van der Waals surface area contributed by atoms with Crippen molar-refractivity contribution in [2.45, 2.75) is 37.8 Å². The fourth-order valence-corrected chi connectivity index (χ4v) is 2.51. The Labute approximate surface area is 119 Å². The van der Waals surface area contributed by atoms with Crippen LogP contribution in [0.5, 0.6) is 0 Å². The van der Waals surface area contributed by atoms with Gasteiger partial charge in [-0.2, -0.15) is 5.26 Å². The van der Waals surface area contributed by atoms with Crippen molar-refractivity contribution in [2.75, 3.05) is 12.4 Å². The lowest BCUT2D eigenvalue weighted by atomic mass is 9.91. The molecule has 2 amide bonds. The van der Waals surface area contributed by atoms with E-state index in [2.05, 4.69) is 16.0 Å². The van der Waals surface area contributed by atoms with Crippen molar-refractivity contribution in [3.63, 3.8) is 0 Å². The predicted octanol–water partition coefficient (Wildman–Crippen LogP) is 2.21. The molecule has 1 aromatic carbocycles. The zero-order valence-corrected chi connectivity index (χ0v) is 11.6. The Bertz CT molecular complexity index is 484. The van der Waals surface area contributed by atoms with Crippen LogP contribution in [0.2, 0.25) is 0 Å². The summed E-state index contributed by atoms with van der Waals surface area (Å²) in [5, 5.41) is 17.8. The van der Waals surface area contributed by atoms with Crippen LogP contribution >= 0.6 is 0 Å². The fourth-order valence-electron chi connectivity index (χ4n) is 2.51. The molecule has 1 fully saturated rings. The fraction of sp³-hybridized carbons (Fsp3) is 0.467. The Hall–Kier alpha value is -2.06. The van der Waals surface area contributed by atoms with Crippen molar-refractivity contribution in [3.05, 3.63) is 29.8 Å². The Morgan fingerprint density at radius 1 is 1.15 bits per heavy atom. The molecule has 0 saturated heterocycles. The summed E-state index contributed by atoms with van der Waals surface area (Å²) in [7, 11) is 1.98. The lowest BCUT2D eigenvalue weighted by molar-refractivity contribution is 0.241. The second kappa shape index (κ2) is 6.92. The summed E-state index contributed by atoms with van der Waals surface area (Å²) in [4.78, 5) is 11.9. The number of nitriles is 1. The van der Waals surface area contributed by atoms with Gasteiger partial charge in [-0.05, 0) is 57.0 Å². The summed E-state index contributed by atoms with van der Waals surface area (Å²) in [6, 6.07) is 9.54. The highest BCUT2D eigenvalue weighted by Crippen LogP contribution is 2.18. The summed E-state index contributed by atoms with van der Waals surface area (Å²) in [5.74, 6) is 0. The molecule has 0 atom stereocenters. The molecule has 0 bridgehead atoms. The minimum Gasteiger partial charge on any atom is -0.335 e. The lowest BCUT2D eigenvalue weighted by Gasteiger charge is -2.28. The molecule has 5 nitrogen and oxygen atoms in total. The average Bonchev–Trinajstić information content (AvgIpc) is 2.49. The summed E-state index contributed by atoms with van der Waals surface area (Å²) >= 11 is 0. The van der Waals surface area contributed by atoms with E-state index in [9.17, 15) is 4.79 Å². The third-order valence-electron chi connectivity index (χ3n) is 3.74. The molecule has 0 unspecified atom stereocenters. The van der Waals surface area contributed by atoms with Gasteiger partial charge in [-0.3, -0.25) is 0 Å². The Balaban J connectivity index is 1.79. The molecule has 1 aliphatic carbocycles. The van der Waals surface area contributed by atoms with Gasteiger partial charge >= 0.3 is 6.03 Å². The van der Waals surface area contributed by atoms with Gasteiger partial charge in [0, 0.05) is 17.8 Å². The van der Waals surface area contributed by atoms with Crippen molar-refractivity contribution in [2.24, 2.45) is 0 Å². The third kappa shape index (κ3) is 3.97. The van der Waals surface area contributed by atoms with Gasteiger partial charge in [0.05, 0.1) is 11.6 Å². The molecule has 20 heavy (non-hydrogen) atoms.